The fourth-order valence-electron chi connectivity index (χ4n) is 5.75. The molecule has 11 heteroatoms. The molecule has 0 bridgehead atoms. The Morgan fingerprint density at radius 3 is 2.07 bits per heavy atom. The van der Waals surface area contributed by atoms with Gasteiger partial charge >= 0.3 is 12.0 Å². The maximum atomic E-state index is 14.1. The summed E-state index contributed by atoms with van der Waals surface area (Å²) >= 11 is 0. The van der Waals surface area contributed by atoms with Crippen LogP contribution in [-0.4, -0.2) is 77.1 Å². The minimum absolute atomic E-state index is 0.0500. The van der Waals surface area contributed by atoms with Crippen molar-refractivity contribution in [3.05, 3.63) is 0 Å². The molecular formula is C33H56N4O7. The quantitative estimate of drug-likeness (QED) is 0.208. The number of ketones is 2. The summed E-state index contributed by atoms with van der Waals surface area (Å²) in [7, 11) is 0. The van der Waals surface area contributed by atoms with E-state index in [4.69, 9.17) is 4.74 Å². The average Bonchev–Trinajstić information content (AvgIpc) is 2.96. The number of rotatable bonds is 13. The van der Waals surface area contributed by atoms with E-state index in [1.807, 2.05) is 34.6 Å². The molecule has 0 aromatic heterocycles. The van der Waals surface area contributed by atoms with Crippen LogP contribution in [0.2, 0.25) is 0 Å². The van der Waals surface area contributed by atoms with E-state index in [0.29, 0.717) is 38.6 Å². The molecule has 1 saturated heterocycles. The lowest BCUT2D eigenvalue weighted by molar-refractivity contribution is -0.152. The van der Waals surface area contributed by atoms with E-state index in [2.05, 4.69) is 16.0 Å². The molecule has 250 valence electrons. The van der Waals surface area contributed by atoms with Gasteiger partial charge in [-0.2, -0.15) is 0 Å². The third kappa shape index (κ3) is 11.5. The summed E-state index contributed by atoms with van der Waals surface area (Å²) in [5.74, 6) is -2.30. The second kappa shape index (κ2) is 16.9. The van der Waals surface area contributed by atoms with Crippen LogP contribution in [0.4, 0.5) is 4.79 Å². The molecule has 44 heavy (non-hydrogen) atoms. The van der Waals surface area contributed by atoms with Crippen LogP contribution in [0, 0.1) is 17.3 Å². The third-order valence-corrected chi connectivity index (χ3v) is 8.40. The molecule has 1 saturated carbocycles. The Morgan fingerprint density at radius 1 is 0.909 bits per heavy atom. The van der Waals surface area contributed by atoms with Crippen molar-refractivity contribution in [3.63, 3.8) is 0 Å². The molecule has 2 fully saturated rings. The lowest BCUT2D eigenvalue weighted by atomic mass is 9.79. The summed E-state index contributed by atoms with van der Waals surface area (Å²) in [6.07, 6.45) is 6.89. The van der Waals surface area contributed by atoms with E-state index in [1.54, 1.807) is 18.7 Å². The van der Waals surface area contributed by atoms with E-state index in [9.17, 15) is 28.8 Å². The second-order valence-electron chi connectivity index (χ2n) is 14.3. The molecule has 0 spiro atoms. The van der Waals surface area contributed by atoms with Gasteiger partial charge in [0.2, 0.25) is 17.6 Å². The van der Waals surface area contributed by atoms with E-state index in [1.165, 1.54) is 6.92 Å². The number of nitrogens with one attached hydrogen (secondary N) is 3. The first-order chi connectivity index (χ1) is 20.5. The molecular weight excluding hydrogens is 564 g/mol. The minimum atomic E-state index is -0.946. The Bertz CT molecular complexity index is 1030. The van der Waals surface area contributed by atoms with Crippen molar-refractivity contribution in [2.75, 3.05) is 6.54 Å². The lowest BCUT2D eigenvalue weighted by Crippen LogP contribution is -2.60. The van der Waals surface area contributed by atoms with Gasteiger partial charge in [-0.3, -0.25) is 19.2 Å². The van der Waals surface area contributed by atoms with Gasteiger partial charge in [0.05, 0.1) is 12.1 Å². The number of ether oxygens (including phenoxy) is 1. The van der Waals surface area contributed by atoms with Gasteiger partial charge in [0.1, 0.15) is 18.1 Å². The van der Waals surface area contributed by atoms with Crippen LogP contribution >= 0.6 is 0 Å². The Hall–Kier alpha value is -2.98. The van der Waals surface area contributed by atoms with Crippen molar-refractivity contribution in [2.24, 2.45) is 17.3 Å². The Kier molecular flexibility index (Phi) is 14.3. The molecule has 1 aliphatic heterocycles. The molecule has 4 atom stereocenters. The van der Waals surface area contributed by atoms with Crippen LogP contribution in [0.15, 0.2) is 0 Å². The Morgan fingerprint density at radius 2 is 1.55 bits per heavy atom. The van der Waals surface area contributed by atoms with Gasteiger partial charge in [-0.05, 0) is 56.8 Å². The molecule has 0 aromatic carbocycles. The summed E-state index contributed by atoms with van der Waals surface area (Å²) in [4.78, 5) is 80.4. The summed E-state index contributed by atoms with van der Waals surface area (Å²) in [6.45, 7) is 14.4. The minimum Gasteiger partial charge on any atom is -0.461 e. The number of hydrogen-bond acceptors (Lipinski definition) is 7. The van der Waals surface area contributed by atoms with Gasteiger partial charge in [0.15, 0.2) is 5.78 Å². The number of esters is 1. The zero-order valence-corrected chi connectivity index (χ0v) is 28.1. The molecule has 1 unspecified atom stereocenters. The van der Waals surface area contributed by atoms with E-state index in [0.717, 1.165) is 32.1 Å². The van der Waals surface area contributed by atoms with Crippen LogP contribution in [0.3, 0.4) is 0 Å². The Balaban J connectivity index is 2.31. The van der Waals surface area contributed by atoms with Crippen LogP contribution in [-0.2, 0) is 28.7 Å². The topological polar surface area (TPSA) is 151 Å². The first kappa shape index (κ1) is 37.2. The standard InChI is InChI=1S/C33H56N4O7/c1-20(2)18-26(29(40)34-25(27(39)22(5)38)19-23-14-13-15-23)37-17-12-10-9-11-16-24(30(37)41)35-32(43)36-28(33(6,7)8)31(42)44-21(3)4/h20-21,23-26,28H,9-19H2,1-8H3,(H,34,40)(H2,35,36,43)/t24-,25?,26-,28-/m0/s1. The Labute approximate surface area is 263 Å². The number of nitrogens with zero attached hydrogens (tertiary/aromatic N) is 1. The molecule has 2 aliphatic rings. The van der Waals surface area contributed by atoms with Gasteiger partial charge in [0.25, 0.3) is 0 Å². The highest BCUT2D eigenvalue weighted by Crippen LogP contribution is 2.31. The van der Waals surface area contributed by atoms with Crippen molar-refractivity contribution in [2.45, 2.75) is 150 Å². The fraction of sp³-hybridized carbons (Fsp3) is 0.818. The zero-order valence-electron chi connectivity index (χ0n) is 28.1. The monoisotopic (exact) mass is 620 g/mol. The summed E-state index contributed by atoms with van der Waals surface area (Å²) < 4.78 is 5.37. The smallest absolute Gasteiger partial charge is 0.329 e. The van der Waals surface area contributed by atoms with Crippen molar-refractivity contribution in [1.29, 1.82) is 0 Å². The highest BCUT2D eigenvalue weighted by atomic mass is 16.5. The van der Waals surface area contributed by atoms with Crippen molar-refractivity contribution < 1.29 is 33.5 Å². The molecule has 1 heterocycles. The normalized spacial score (nSPS) is 20.4. The lowest BCUT2D eigenvalue weighted by Gasteiger charge is -2.36. The molecule has 2 rings (SSSR count). The van der Waals surface area contributed by atoms with Gasteiger partial charge in [-0.1, -0.05) is 73.1 Å². The maximum absolute atomic E-state index is 14.1. The molecule has 4 amide bonds. The molecule has 3 N–H and O–H groups in total. The molecule has 0 radical (unpaired) electrons. The number of urea groups is 1. The maximum Gasteiger partial charge on any atom is 0.329 e. The SMILES string of the molecule is CC(=O)C(=O)C(CC1CCC1)NC(=O)[C@H](CC(C)C)N1CCCCCC[C@H](NC(=O)N[C@@H](C(=O)OC(C)C)C(C)(C)C)C1=O. The van der Waals surface area contributed by atoms with Gasteiger partial charge < -0.3 is 25.6 Å². The fourth-order valence-corrected chi connectivity index (χ4v) is 5.75. The van der Waals surface area contributed by atoms with E-state index in [-0.39, 0.29) is 23.8 Å². The number of carbonyl (C=O) groups is 6. The third-order valence-electron chi connectivity index (χ3n) is 8.40. The van der Waals surface area contributed by atoms with Crippen molar-refractivity contribution in [3.8, 4) is 0 Å². The number of hydrogen-bond donors (Lipinski definition) is 3. The summed E-state index contributed by atoms with van der Waals surface area (Å²) in [6, 6.07) is -4.33. The van der Waals surface area contributed by atoms with Crippen LogP contribution in [0.5, 0.6) is 0 Å². The second-order valence-corrected chi connectivity index (χ2v) is 14.3. The van der Waals surface area contributed by atoms with Crippen molar-refractivity contribution in [1.82, 2.24) is 20.9 Å². The number of amides is 4. The molecule has 0 aromatic rings. The first-order valence-electron chi connectivity index (χ1n) is 16.4. The average molecular weight is 621 g/mol. The predicted molar refractivity (Wildman–Crippen MR) is 168 cm³/mol. The zero-order chi connectivity index (χ0) is 33.2. The summed E-state index contributed by atoms with van der Waals surface area (Å²) in [5.41, 5.74) is -0.647. The molecule has 1 aliphatic carbocycles. The number of Topliss-reactive ketones (excluding diaryl/α,β-unsaturated/α-hetero) is 2. The molecule has 11 nitrogen and oxygen atoms in total. The highest BCUT2D eigenvalue weighted by molar-refractivity contribution is 6.38. The van der Waals surface area contributed by atoms with E-state index >= 15 is 0 Å². The van der Waals surface area contributed by atoms with Crippen LogP contribution in [0.1, 0.15) is 120 Å². The van der Waals surface area contributed by atoms with Gasteiger partial charge in [-0.25, -0.2) is 9.59 Å². The van der Waals surface area contributed by atoms with Gasteiger partial charge in [0, 0.05) is 13.5 Å². The number of carbonyl (C=O) groups excluding carboxylic acids is 6. The summed E-state index contributed by atoms with van der Waals surface area (Å²) in [5, 5.41) is 8.35. The van der Waals surface area contributed by atoms with E-state index < -0.39 is 59.1 Å². The predicted octanol–water partition coefficient (Wildman–Crippen LogP) is 4.06. The largest absolute Gasteiger partial charge is 0.461 e. The van der Waals surface area contributed by atoms with Crippen molar-refractivity contribution >= 4 is 35.4 Å². The van der Waals surface area contributed by atoms with Crippen LogP contribution in [0.25, 0.3) is 0 Å². The first-order valence-corrected chi connectivity index (χ1v) is 16.4. The van der Waals surface area contributed by atoms with Crippen LogP contribution < -0.4 is 16.0 Å². The highest BCUT2D eigenvalue weighted by Gasteiger charge is 2.39. The van der Waals surface area contributed by atoms with Gasteiger partial charge in [-0.15, -0.1) is 0 Å².